The van der Waals surface area contributed by atoms with Gasteiger partial charge in [-0.05, 0) is 212 Å². The SMILES string of the molecule is O=C(Nc1ccc(Cl)c(-c2ccc3ccccc3n2)c1)c1ccc(N2CCCS2(=O)=O)cc1.O=C(Nc1cccc(-c2ccc3cnccc3n2)c1)c1ccc(N2CCCS2(=O)=O)cc1F.O=C(Nc1cccc(-c2nccc3ccccc23)c1)c1ccc(N2CCCS2(=O)=O)cc1Cl.O=C(Nc1cccc(-c2nccc3ccccc23)c1)c1ccc(N2CCCS2(=O)=O)cc1F. The molecule has 0 bridgehead atoms. The highest BCUT2D eigenvalue weighted by Gasteiger charge is 2.34. The van der Waals surface area contributed by atoms with Crippen molar-refractivity contribution >= 4 is 176 Å². The second-order valence-corrected chi connectivity index (χ2v) is 40.0. The Bertz CT molecular complexity index is 7500. The molecule has 9 heterocycles. The molecule has 4 N–H and O–H groups in total. The highest BCUT2D eigenvalue weighted by Crippen LogP contribution is 2.38. The molecule has 4 fully saturated rings. The quantitative estimate of drug-likeness (QED) is 0.0698. The van der Waals surface area contributed by atoms with Gasteiger partial charge in [0.1, 0.15) is 11.6 Å². The molecule has 0 radical (unpaired) electrons. The Kier molecular flexibility index (Phi) is 26.0. The van der Waals surface area contributed by atoms with E-state index < -0.39 is 63.5 Å². The van der Waals surface area contributed by atoms with Crippen molar-refractivity contribution in [3.05, 3.63) is 354 Å². The highest BCUT2D eigenvalue weighted by atomic mass is 35.5. The molecule has 5 aromatic heterocycles. The smallest absolute Gasteiger partial charge is 0.258 e. The number of anilines is 8. The van der Waals surface area contributed by atoms with Gasteiger partial charge in [0.15, 0.2) is 0 Å². The molecule has 0 saturated carbocycles. The molecule has 33 heteroatoms. The molecule has 0 unspecified atom stereocenters. The van der Waals surface area contributed by atoms with Crippen LogP contribution in [0.3, 0.4) is 0 Å². The standard InChI is InChI=1S/2C25H20ClN3O3S.C25H20FN3O3S.C24H19FN4O3S/c26-23-16-20(29-13-4-14-33(29,31)32)9-10-22(23)25(30)28-19-7-3-6-18(15-19)24-21-8-2-1-5-17(21)11-12-27-24;26-22-12-9-19(16-21(22)24-13-8-17-4-1-2-5-23(17)28-24)27-25(30)18-6-10-20(11-7-18)29-14-3-15-33(29,31)32;26-23-16-20(29-13-4-14-33(29,31)32)9-10-22(23)25(30)28-19-7-3-6-18(15-19)24-21-8-2-1-5-17(21)11-12-27-24;25-21-14-19(29-11-2-12-33(29,31)32)6-7-20(21)24(30)27-18-4-1-3-16(13-18)22-8-5-17-15-26-10-9-23(17)28-22/h1-3,5-12,15-16H,4,13-14H2,(H,28,30);1-2,4-13,16H,3,14-15H2,(H,27,30);1-3,5-12,15-16H,4,13-14H2,(H,28,30);1,3-10,13-15H,2,11-12H2,(H,27,30). The Morgan fingerprint density at radius 3 is 1.23 bits per heavy atom. The van der Waals surface area contributed by atoms with E-state index in [1.54, 1.807) is 122 Å². The first-order valence-electron chi connectivity index (χ1n) is 41.8. The van der Waals surface area contributed by atoms with Gasteiger partial charge in [-0.1, -0.05) is 132 Å². The van der Waals surface area contributed by atoms with Crippen LogP contribution in [0.25, 0.3) is 88.4 Å². The first kappa shape index (κ1) is 89.5. The predicted octanol–water partition coefficient (Wildman–Crippen LogP) is 19.8. The lowest BCUT2D eigenvalue weighted by Crippen LogP contribution is -2.25. The zero-order valence-electron chi connectivity index (χ0n) is 70.0. The molecule has 4 aliphatic heterocycles. The molecule has 11 aromatic carbocycles. The minimum atomic E-state index is -3.43. The van der Waals surface area contributed by atoms with Crippen LogP contribution in [0.1, 0.15) is 67.1 Å². The predicted molar refractivity (Wildman–Crippen MR) is 517 cm³/mol. The van der Waals surface area contributed by atoms with Crippen molar-refractivity contribution < 1.29 is 61.6 Å². The number of benzene rings is 11. The van der Waals surface area contributed by atoms with E-state index >= 15 is 0 Å². The molecular formula is C99H79Cl2F2N13O12S4. The maximum absolute atomic E-state index is 14.7. The van der Waals surface area contributed by atoms with E-state index in [4.69, 9.17) is 28.2 Å². The van der Waals surface area contributed by atoms with E-state index in [0.29, 0.717) is 102 Å². The van der Waals surface area contributed by atoms with Crippen LogP contribution in [0.2, 0.25) is 10.0 Å². The topological polar surface area (TPSA) is 330 Å². The molecule has 0 atom stereocenters. The Hall–Kier alpha value is -14.5. The summed E-state index contributed by atoms with van der Waals surface area (Å²) in [7, 11) is -13.4. The average molecular weight is 1880 g/mol. The Morgan fingerprint density at radius 2 is 0.735 bits per heavy atom. The summed E-state index contributed by atoms with van der Waals surface area (Å²) in [5.41, 5.74) is 12.0. The van der Waals surface area contributed by atoms with Crippen LogP contribution in [-0.2, 0) is 40.1 Å². The van der Waals surface area contributed by atoms with Gasteiger partial charge in [-0.2, -0.15) is 0 Å². The third kappa shape index (κ3) is 20.0. The fraction of sp³-hybridized carbons (Fsp3) is 0.121. The van der Waals surface area contributed by atoms with E-state index in [1.165, 1.54) is 47.6 Å². The third-order valence-electron chi connectivity index (χ3n) is 22.4. The van der Waals surface area contributed by atoms with Crippen LogP contribution in [0.5, 0.6) is 0 Å². The summed E-state index contributed by atoms with van der Waals surface area (Å²) >= 11 is 12.8. The van der Waals surface area contributed by atoms with Crippen molar-refractivity contribution in [3.8, 4) is 45.0 Å². The average Bonchev–Trinajstić information content (AvgIpc) is 1.56. The van der Waals surface area contributed by atoms with E-state index in [0.717, 1.165) is 94.8 Å². The van der Waals surface area contributed by atoms with Gasteiger partial charge in [0.25, 0.3) is 23.6 Å². The fourth-order valence-electron chi connectivity index (χ4n) is 15.9. The number of nitrogens with one attached hydrogen (secondary N) is 4. The molecule has 664 valence electrons. The summed E-state index contributed by atoms with van der Waals surface area (Å²) in [6.45, 7) is 1.49. The lowest BCUT2D eigenvalue weighted by molar-refractivity contribution is 0.101. The minimum Gasteiger partial charge on any atom is -0.322 e. The molecule has 4 aliphatic rings. The molecule has 0 aliphatic carbocycles. The minimum absolute atomic E-state index is 0.0378. The van der Waals surface area contributed by atoms with Gasteiger partial charge in [0.05, 0.1) is 106 Å². The highest BCUT2D eigenvalue weighted by molar-refractivity contribution is 7.94. The van der Waals surface area contributed by atoms with Crippen molar-refractivity contribution in [1.82, 2.24) is 24.9 Å². The van der Waals surface area contributed by atoms with E-state index in [2.05, 4.69) is 41.2 Å². The zero-order valence-corrected chi connectivity index (χ0v) is 74.8. The largest absolute Gasteiger partial charge is 0.322 e. The summed E-state index contributed by atoms with van der Waals surface area (Å²) in [5, 5.41) is 18.0. The number of nitrogens with zero attached hydrogens (tertiary/aromatic N) is 9. The number of pyridine rings is 5. The lowest BCUT2D eigenvalue weighted by atomic mass is 10.0. The number of sulfonamides is 4. The number of aromatic nitrogens is 5. The third-order valence-corrected chi connectivity index (χ3v) is 30.5. The number of hydrogen-bond donors (Lipinski definition) is 4. The van der Waals surface area contributed by atoms with Crippen LogP contribution in [0.15, 0.2) is 310 Å². The van der Waals surface area contributed by atoms with Crippen molar-refractivity contribution in [3.63, 3.8) is 0 Å². The summed E-state index contributed by atoms with van der Waals surface area (Å²) in [4.78, 5) is 73.6. The number of hydrogen-bond acceptors (Lipinski definition) is 17. The number of halogens is 4. The van der Waals surface area contributed by atoms with Gasteiger partial charge in [-0.15, -0.1) is 0 Å². The Balaban J connectivity index is 0.000000123. The van der Waals surface area contributed by atoms with E-state index in [9.17, 15) is 61.6 Å². The molecule has 4 amide bonds. The summed E-state index contributed by atoms with van der Waals surface area (Å²) in [5.74, 6) is -3.13. The molecule has 25 nitrogen and oxygen atoms in total. The second-order valence-electron chi connectivity index (χ2n) is 31.2. The van der Waals surface area contributed by atoms with Crippen LogP contribution < -0.4 is 38.5 Å². The maximum atomic E-state index is 14.7. The van der Waals surface area contributed by atoms with Crippen LogP contribution in [0.4, 0.5) is 54.3 Å². The first-order valence-corrected chi connectivity index (χ1v) is 49.0. The molecular weight excluding hydrogens is 1800 g/mol. The van der Waals surface area contributed by atoms with E-state index in [-0.39, 0.29) is 67.9 Å². The summed E-state index contributed by atoms with van der Waals surface area (Å²) in [6.07, 6.45) is 9.08. The van der Waals surface area contributed by atoms with Gasteiger partial charge in [0.2, 0.25) is 40.1 Å². The van der Waals surface area contributed by atoms with Crippen LogP contribution >= 0.6 is 23.2 Å². The van der Waals surface area contributed by atoms with Gasteiger partial charge in [0, 0.05) is 123 Å². The Morgan fingerprint density at radius 1 is 0.326 bits per heavy atom. The monoisotopic (exact) mass is 1880 g/mol. The summed E-state index contributed by atoms with van der Waals surface area (Å²) < 4.78 is 131. The molecule has 0 spiro atoms. The fourth-order valence-corrected chi connectivity index (χ4v) is 22.6. The molecule has 16 aromatic rings. The molecule has 20 rings (SSSR count). The maximum Gasteiger partial charge on any atom is 0.258 e. The first-order chi connectivity index (χ1) is 63.6. The normalized spacial score (nSPS) is 15.0. The number of carbonyl (C=O) groups is 4. The zero-order chi connectivity index (χ0) is 92.0. The lowest BCUT2D eigenvalue weighted by Gasteiger charge is -2.18. The van der Waals surface area contributed by atoms with Crippen molar-refractivity contribution in [2.45, 2.75) is 25.7 Å². The van der Waals surface area contributed by atoms with Gasteiger partial charge in [-0.25, -0.2) is 52.4 Å². The molecule has 132 heavy (non-hydrogen) atoms. The number of fused-ring (bicyclic) bond motifs is 4. The summed E-state index contributed by atoms with van der Waals surface area (Å²) in [6, 6.07) is 83.1. The number of carbonyl (C=O) groups excluding carboxylic acids is 4. The number of amides is 4. The van der Waals surface area contributed by atoms with Crippen molar-refractivity contribution in [2.24, 2.45) is 0 Å². The Labute approximate surface area is 769 Å². The van der Waals surface area contributed by atoms with E-state index in [1.807, 2.05) is 146 Å². The van der Waals surface area contributed by atoms with Gasteiger partial charge >= 0.3 is 0 Å². The van der Waals surface area contributed by atoms with Gasteiger partial charge < -0.3 is 21.3 Å². The molecule has 4 saturated heterocycles. The van der Waals surface area contributed by atoms with Crippen LogP contribution in [-0.4, -0.2) is 131 Å². The van der Waals surface area contributed by atoms with Crippen LogP contribution in [0, 0.1) is 11.6 Å². The number of rotatable bonds is 16. The number of para-hydroxylation sites is 1. The van der Waals surface area contributed by atoms with Crippen molar-refractivity contribution in [2.75, 3.05) is 87.7 Å². The van der Waals surface area contributed by atoms with Crippen molar-refractivity contribution in [1.29, 1.82) is 0 Å². The van der Waals surface area contributed by atoms with Gasteiger partial charge in [-0.3, -0.25) is 51.4 Å². The second kappa shape index (κ2) is 38.3.